The van der Waals surface area contributed by atoms with Crippen molar-refractivity contribution in [2.75, 3.05) is 18.1 Å². The Morgan fingerprint density at radius 1 is 1.44 bits per heavy atom. The quantitative estimate of drug-likeness (QED) is 0.838. The highest BCUT2D eigenvalue weighted by atomic mass is 32.2. The predicted molar refractivity (Wildman–Crippen MR) is 63.6 cm³/mol. The number of aryl methyl sites for hydroxylation is 1. The predicted octanol–water partition coefficient (Wildman–Crippen LogP) is 1.05. The van der Waals surface area contributed by atoms with Crippen molar-refractivity contribution in [1.82, 2.24) is 14.8 Å². The van der Waals surface area contributed by atoms with Gasteiger partial charge < -0.3 is 5.11 Å². The molecule has 1 aromatic heterocycles. The molecule has 3 heterocycles. The van der Waals surface area contributed by atoms with Crippen molar-refractivity contribution in [3.8, 4) is 0 Å². The molecule has 2 aliphatic rings. The van der Waals surface area contributed by atoms with Crippen LogP contribution >= 0.6 is 11.8 Å². The molecule has 0 aliphatic carbocycles. The topological polar surface area (TPSA) is 50.9 Å². The van der Waals surface area contributed by atoms with Crippen LogP contribution in [0.15, 0.2) is 0 Å². The van der Waals surface area contributed by atoms with Gasteiger partial charge in [0.1, 0.15) is 5.82 Å². The van der Waals surface area contributed by atoms with Gasteiger partial charge in [-0.15, -0.1) is 0 Å². The monoisotopic (exact) mass is 239 g/mol. The van der Waals surface area contributed by atoms with Crippen LogP contribution in [0.25, 0.3) is 0 Å². The Kier molecular flexibility index (Phi) is 2.90. The maximum atomic E-state index is 9.17. The maximum absolute atomic E-state index is 9.17. The first kappa shape index (κ1) is 10.6. The van der Waals surface area contributed by atoms with Gasteiger partial charge in [0.05, 0.1) is 0 Å². The van der Waals surface area contributed by atoms with E-state index in [-0.39, 0.29) is 6.61 Å². The molecule has 0 aromatic carbocycles. The number of aromatic nitrogens is 3. The average Bonchev–Trinajstić information content (AvgIpc) is 2.96. The van der Waals surface area contributed by atoms with Gasteiger partial charge in [0.15, 0.2) is 5.82 Å². The molecule has 2 aliphatic heterocycles. The van der Waals surface area contributed by atoms with Crippen molar-refractivity contribution in [2.45, 2.75) is 31.7 Å². The van der Waals surface area contributed by atoms with Crippen molar-refractivity contribution in [2.24, 2.45) is 5.92 Å². The van der Waals surface area contributed by atoms with Gasteiger partial charge in [-0.1, -0.05) is 0 Å². The molecule has 2 unspecified atom stereocenters. The lowest BCUT2D eigenvalue weighted by Crippen LogP contribution is -2.22. The van der Waals surface area contributed by atoms with E-state index in [2.05, 4.69) is 10.1 Å². The Morgan fingerprint density at radius 2 is 2.38 bits per heavy atom. The molecule has 88 valence electrons. The standard InChI is InChI=1S/C11H17N3OS/c15-6-8-1-3-14-10(5-8)12-11(13-14)9-2-4-16-7-9/h8-9,15H,1-7H2. The van der Waals surface area contributed by atoms with Gasteiger partial charge in [0.2, 0.25) is 0 Å². The first-order valence-electron chi connectivity index (χ1n) is 5.99. The third-order valence-electron chi connectivity index (χ3n) is 3.54. The Hall–Kier alpha value is -0.550. The second kappa shape index (κ2) is 4.37. The van der Waals surface area contributed by atoms with Crippen molar-refractivity contribution >= 4 is 11.8 Å². The molecule has 0 spiro atoms. The van der Waals surface area contributed by atoms with E-state index in [1.807, 2.05) is 16.4 Å². The molecule has 1 aromatic rings. The van der Waals surface area contributed by atoms with Gasteiger partial charge >= 0.3 is 0 Å². The fourth-order valence-electron chi connectivity index (χ4n) is 2.46. The third kappa shape index (κ3) is 1.86. The number of aliphatic hydroxyl groups is 1. The van der Waals surface area contributed by atoms with Gasteiger partial charge in [0, 0.05) is 31.2 Å². The largest absolute Gasteiger partial charge is 0.396 e. The van der Waals surface area contributed by atoms with Crippen molar-refractivity contribution in [3.05, 3.63) is 11.6 Å². The first-order valence-corrected chi connectivity index (χ1v) is 7.14. The fraction of sp³-hybridized carbons (Fsp3) is 0.818. The third-order valence-corrected chi connectivity index (χ3v) is 4.70. The second-order valence-corrected chi connectivity index (χ2v) is 5.86. The Bertz CT molecular complexity index is 373. The van der Waals surface area contributed by atoms with Crippen LogP contribution in [-0.2, 0) is 13.0 Å². The molecule has 0 saturated carbocycles. The zero-order valence-corrected chi connectivity index (χ0v) is 10.1. The van der Waals surface area contributed by atoms with Crippen molar-refractivity contribution in [1.29, 1.82) is 0 Å². The summed E-state index contributed by atoms with van der Waals surface area (Å²) >= 11 is 2.00. The van der Waals surface area contributed by atoms with E-state index in [0.29, 0.717) is 11.8 Å². The highest BCUT2D eigenvalue weighted by Crippen LogP contribution is 2.31. The molecule has 0 bridgehead atoms. The smallest absolute Gasteiger partial charge is 0.154 e. The summed E-state index contributed by atoms with van der Waals surface area (Å²) in [4.78, 5) is 4.66. The number of aliphatic hydroxyl groups excluding tert-OH is 1. The van der Waals surface area contributed by atoms with E-state index in [0.717, 1.165) is 31.0 Å². The molecule has 1 saturated heterocycles. The molecule has 0 radical (unpaired) electrons. The SMILES string of the molecule is OCC1CCn2nc(C3CCSC3)nc2C1. The summed E-state index contributed by atoms with van der Waals surface area (Å²) in [6, 6.07) is 0. The zero-order valence-electron chi connectivity index (χ0n) is 9.30. The van der Waals surface area contributed by atoms with E-state index in [4.69, 9.17) is 0 Å². The number of thioether (sulfide) groups is 1. The summed E-state index contributed by atoms with van der Waals surface area (Å²) < 4.78 is 2.05. The van der Waals surface area contributed by atoms with Gasteiger partial charge in [-0.05, 0) is 24.5 Å². The minimum Gasteiger partial charge on any atom is -0.396 e. The lowest BCUT2D eigenvalue weighted by atomic mass is 9.99. The molecule has 1 fully saturated rings. The van der Waals surface area contributed by atoms with E-state index in [9.17, 15) is 5.11 Å². The number of rotatable bonds is 2. The van der Waals surface area contributed by atoms with Crippen LogP contribution in [0.1, 0.15) is 30.4 Å². The number of hydrogen-bond donors (Lipinski definition) is 1. The van der Waals surface area contributed by atoms with E-state index in [1.54, 1.807) is 0 Å². The van der Waals surface area contributed by atoms with Gasteiger partial charge in [-0.3, -0.25) is 0 Å². The highest BCUT2D eigenvalue weighted by molar-refractivity contribution is 7.99. The molecule has 1 N–H and O–H groups in total. The van der Waals surface area contributed by atoms with Crippen LogP contribution < -0.4 is 0 Å². The lowest BCUT2D eigenvalue weighted by molar-refractivity contribution is 0.196. The van der Waals surface area contributed by atoms with Crippen LogP contribution in [-0.4, -0.2) is 38.0 Å². The van der Waals surface area contributed by atoms with E-state index < -0.39 is 0 Å². The first-order chi connectivity index (χ1) is 7.86. The van der Waals surface area contributed by atoms with Crippen molar-refractivity contribution in [3.63, 3.8) is 0 Å². The summed E-state index contributed by atoms with van der Waals surface area (Å²) in [6.07, 6.45) is 3.15. The second-order valence-electron chi connectivity index (χ2n) is 4.71. The van der Waals surface area contributed by atoms with Gasteiger partial charge in [0.25, 0.3) is 0 Å². The van der Waals surface area contributed by atoms with E-state index in [1.165, 1.54) is 17.9 Å². The fourth-order valence-corrected chi connectivity index (χ4v) is 3.67. The molecule has 5 heteroatoms. The van der Waals surface area contributed by atoms with Crippen LogP contribution in [0, 0.1) is 5.92 Å². The Morgan fingerprint density at radius 3 is 3.12 bits per heavy atom. The summed E-state index contributed by atoms with van der Waals surface area (Å²) in [5, 5.41) is 13.8. The van der Waals surface area contributed by atoms with Crippen LogP contribution in [0.2, 0.25) is 0 Å². The molecular weight excluding hydrogens is 222 g/mol. The summed E-state index contributed by atoms with van der Waals surface area (Å²) in [5.41, 5.74) is 0. The summed E-state index contributed by atoms with van der Waals surface area (Å²) in [6.45, 7) is 1.20. The van der Waals surface area contributed by atoms with Crippen LogP contribution in [0.5, 0.6) is 0 Å². The Balaban J connectivity index is 1.80. The number of nitrogens with zero attached hydrogens (tertiary/aromatic N) is 3. The molecule has 0 amide bonds. The van der Waals surface area contributed by atoms with E-state index >= 15 is 0 Å². The highest BCUT2D eigenvalue weighted by Gasteiger charge is 2.26. The number of fused-ring (bicyclic) bond motifs is 1. The van der Waals surface area contributed by atoms with Crippen LogP contribution in [0.3, 0.4) is 0 Å². The average molecular weight is 239 g/mol. The minimum atomic E-state index is 0.279. The van der Waals surface area contributed by atoms with Crippen LogP contribution in [0.4, 0.5) is 0 Å². The molecule has 4 nitrogen and oxygen atoms in total. The zero-order chi connectivity index (χ0) is 11.0. The molecule has 3 rings (SSSR count). The molecule has 2 atom stereocenters. The van der Waals surface area contributed by atoms with Gasteiger partial charge in [-0.25, -0.2) is 9.67 Å². The summed E-state index contributed by atoms with van der Waals surface area (Å²) in [5.74, 6) is 5.50. The normalized spacial score (nSPS) is 29.3. The Labute approximate surface area is 99.4 Å². The maximum Gasteiger partial charge on any atom is 0.154 e. The minimum absolute atomic E-state index is 0.279. The van der Waals surface area contributed by atoms with Gasteiger partial charge in [-0.2, -0.15) is 16.9 Å². The summed E-state index contributed by atoms with van der Waals surface area (Å²) in [7, 11) is 0. The van der Waals surface area contributed by atoms with Crippen molar-refractivity contribution < 1.29 is 5.11 Å². The molecule has 16 heavy (non-hydrogen) atoms. The lowest BCUT2D eigenvalue weighted by Gasteiger charge is -2.19. The number of hydrogen-bond acceptors (Lipinski definition) is 4. The molecular formula is C11H17N3OS.